The fourth-order valence-electron chi connectivity index (χ4n) is 3.81. The fraction of sp³-hybridized carbons (Fsp3) is 0.207. The van der Waals surface area contributed by atoms with E-state index in [2.05, 4.69) is 5.32 Å². The zero-order chi connectivity index (χ0) is 30.4. The van der Waals surface area contributed by atoms with Crippen LogP contribution in [0.5, 0.6) is 17.2 Å². The van der Waals surface area contributed by atoms with Crippen LogP contribution in [-0.2, 0) is 19.7 Å². The topological polar surface area (TPSA) is 128 Å². The third-order valence-corrected chi connectivity index (χ3v) is 8.19. The van der Waals surface area contributed by atoms with Gasteiger partial charge in [0, 0.05) is 12.6 Å². The summed E-state index contributed by atoms with van der Waals surface area (Å²) in [7, 11) is -4.33. The molecule has 0 bridgehead atoms. The Balaban J connectivity index is 1.50. The van der Waals surface area contributed by atoms with E-state index >= 15 is 0 Å². The lowest BCUT2D eigenvalue weighted by atomic mass is 10.2. The molecule has 0 radical (unpaired) electrons. The summed E-state index contributed by atoms with van der Waals surface area (Å²) in [5.74, 6) is -0.361. The van der Waals surface area contributed by atoms with E-state index in [0.29, 0.717) is 17.0 Å². The summed E-state index contributed by atoms with van der Waals surface area (Å²) >= 11 is 7.20. The molecule has 0 unspecified atom stereocenters. The summed E-state index contributed by atoms with van der Waals surface area (Å²) in [5.41, 5.74) is 1.90. The molecule has 3 aromatic carbocycles. The predicted octanol–water partition coefficient (Wildman–Crippen LogP) is 5.89. The highest BCUT2D eigenvalue weighted by Gasteiger charge is 2.35. The molecular formula is C29H27ClN2O8S2. The van der Waals surface area contributed by atoms with Gasteiger partial charge in [0.1, 0.15) is 17.3 Å². The van der Waals surface area contributed by atoms with Gasteiger partial charge in [-0.15, -0.1) is 0 Å². The number of hydrogen-bond acceptors (Lipinski definition) is 9. The highest BCUT2D eigenvalue weighted by atomic mass is 35.5. The van der Waals surface area contributed by atoms with Gasteiger partial charge in [0.15, 0.2) is 5.75 Å². The van der Waals surface area contributed by atoms with E-state index in [9.17, 15) is 22.8 Å². The highest BCUT2D eigenvalue weighted by Crippen LogP contribution is 2.40. The Morgan fingerprint density at radius 1 is 1.05 bits per heavy atom. The number of nitrogens with one attached hydrogen (secondary N) is 1. The molecule has 42 heavy (non-hydrogen) atoms. The SMILES string of the molecule is CCOc1cc(/C=C2\SC(=O)N(CCOc3ccc(C)cc3)C2=O)cc(Cl)c1OS(=O)(=O)c1ccc(NC(C)=O)cc1. The number of imide groups is 1. The standard InChI is InChI=1S/C29H27ClN2O8S2/c1-4-38-25-16-20(15-24(30)27(25)40-42(36,37)23-11-7-21(8-12-23)31-19(3)33)17-26-28(34)32(29(35)41-26)13-14-39-22-9-5-18(2)6-10-22/h5-12,15-17H,4,13-14H2,1-3H3,(H,31,33)/b26-17-. The number of aryl methyl sites for hydroxylation is 1. The average Bonchev–Trinajstić information content (AvgIpc) is 3.19. The number of halogens is 1. The van der Waals surface area contributed by atoms with Crippen molar-refractivity contribution >= 4 is 62.3 Å². The first kappa shape index (κ1) is 30.9. The van der Waals surface area contributed by atoms with Crippen molar-refractivity contribution in [1.82, 2.24) is 4.90 Å². The van der Waals surface area contributed by atoms with Crippen LogP contribution in [0.2, 0.25) is 5.02 Å². The van der Waals surface area contributed by atoms with Crippen LogP contribution >= 0.6 is 23.4 Å². The van der Waals surface area contributed by atoms with E-state index in [1.165, 1.54) is 49.4 Å². The average molecular weight is 631 g/mol. The van der Waals surface area contributed by atoms with Crippen molar-refractivity contribution in [2.24, 2.45) is 0 Å². The third-order valence-electron chi connectivity index (χ3n) is 5.76. The molecule has 220 valence electrons. The minimum Gasteiger partial charge on any atom is -0.492 e. The number of hydrogen-bond donors (Lipinski definition) is 1. The number of amides is 3. The first-order valence-corrected chi connectivity index (χ1v) is 15.3. The third kappa shape index (κ3) is 7.64. The summed E-state index contributed by atoms with van der Waals surface area (Å²) in [6, 6.07) is 15.7. The van der Waals surface area contributed by atoms with Gasteiger partial charge in [0.05, 0.1) is 23.1 Å². The van der Waals surface area contributed by atoms with Gasteiger partial charge in [-0.05, 0) is 85.8 Å². The van der Waals surface area contributed by atoms with Gasteiger partial charge in [-0.25, -0.2) is 0 Å². The van der Waals surface area contributed by atoms with Gasteiger partial charge in [-0.1, -0.05) is 29.3 Å². The monoisotopic (exact) mass is 630 g/mol. The number of thioether (sulfide) groups is 1. The molecule has 3 amide bonds. The van der Waals surface area contributed by atoms with Gasteiger partial charge in [0.2, 0.25) is 11.7 Å². The smallest absolute Gasteiger partial charge is 0.339 e. The maximum Gasteiger partial charge on any atom is 0.339 e. The quantitative estimate of drug-likeness (QED) is 0.204. The number of carbonyl (C=O) groups is 3. The molecule has 1 aliphatic heterocycles. The second-order valence-electron chi connectivity index (χ2n) is 9.00. The molecule has 13 heteroatoms. The van der Waals surface area contributed by atoms with E-state index in [1.807, 2.05) is 31.2 Å². The van der Waals surface area contributed by atoms with Crippen molar-refractivity contribution < 1.29 is 36.5 Å². The zero-order valence-electron chi connectivity index (χ0n) is 22.9. The van der Waals surface area contributed by atoms with E-state index in [-0.39, 0.29) is 52.0 Å². The largest absolute Gasteiger partial charge is 0.492 e. The molecule has 0 aliphatic carbocycles. The van der Waals surface area contributed by atoms with Crippen molar-refractivity contribution in [3.05, 3.63) is 81.7 Å². The molecule has 1 aliphatic rings. The van der Waals surface area contributed by atoms with Crippen molar-refractivity contribution in [3.63, 3.8) is 0 Å². The molecule has 1 heterocycles. The summed E-state index contributed by atoms with van der Waals surface area (Å²) in [6.07, 6.45) is 1.47. The molecule has 10 nitrogen and oxygen atoms in total. The van der Waals surface area contributed by atoms with E-state index < -0.39 is 21.3 Å². The first-order chi connectivity index (χ1) is 20.0. The number of anilines is 1. The number of ether oxygens (including phenoxy) is 2. The van der Waals surface area contributed by atoms with Gasteiger partial charge in [-0.2, -0.15) is 8.42 Å². The minimum absolute atomic E-state index is 0.0282. The number of rotatable bonds is 11. The van der Waals surface area contributed by atoms with Crippen LogP contribution in [0.4, 0.5) is 10.5 Å². The second-order valence-corrected chi connectivity index (χ2v) is 11.9. The molecule has 0 atom stereocenters. The molecule has 1 N–H and O–H groups in total. The molecule has 4 rings (SSSR count). The van der Waals surface area contributed by atoms with Gasteiger partial charge in [0.25, 0.3) is 11.1 Å². The van der Waals surface area contributed by atoms with Crippen molar-refractivity contribution in [2.45, 2.75) is 25.7 Å². The van der Waals surface area contributed by atoms with Crippen molar-refractivity contribution in [3.8, 4) is 17.2 Å². The lowest BCUT2D eigenvalue weighted by Crippen LogP contribution is -2.32. The summed E-state index contributed by atoms with van der Waals surface area (Å²) in [5, 5.41) is 2.03. The van der Waals surface area contributed by atoms with Crippen LogP contribution in [0, 0.1) is 6.92 Å². The van der Waals surface area contributed by atoms with Crippen molar-refractivity contribution in [2.75, 3.05) is 25.1 Å². The maximum absolute atomic E-state index is 13.0. The molecule has 1 fully saturated rings. The summed E-state index contributed by atoms with van der Waals surface area (Å²) < 4.78 is 42.6. The number of carbonyl (C=O) groups excluding carboxylic acids is 3. The molecule has 0 saturated carbocycles. The lowest BCUT2D eigenvalue weighted by Gasteiger charge is -2.15. The normalized spacial score (nSPS) is 14.3. The summed E-state index contributed by atoms with van der Waals surface area (Å²) in [6.45, 7) is 5.36. The maximum atomic E-state index is 13.0. The van der Waals surface area contributed by atoms with Crippen LogP contribution < -0.4 is 19.0 Å². The molecule has 3 aromatic rings. The Labute approximate surface area is 252 Å². The Morgan fingerprint density at radius 3 is 2.38 bits per heavy atom. The van der Waals surface area contributed by atoms with E-state index in [4.69, 9.17) is 25.3 Å². The molecular weight excluding hydrogens is 604 g/mol. The summed E-state index contributed by atoms with van der Waals surface area (Å²) in [4.78, 5) is 37.8. The Kier molecular flexibility index (Phi) is 9.81. The van der Waals surface area contributed by atoms with Gasteiger partial charge in [-0.3, -0.25) is 19.3 Å². The van der Waals surface area contributed by atoms with Crippen LogP contribution in [0.15, 0.2) is 70.5 Å². The number of nitrogens with zero attached hydrogens (tertiary/aromatic N) is 1. The Bertz CT molecular complexity index is 1640. The zero-order valence-corrected chi connectivity index (χ0v) is 25.3. The van der Waals surface area contributed by atoms with Crippen LogP contribution in [0.1, 0.15) is 25.0 Å². The van der Waals surface area contributed by atoms with Gasteiger partial charge < -0.3 is 19.0 Å². The lowest BCUT2D eigenvalue weighted by molar-refractivity contribution is -0.123. The van der Waals surface area contributed by atoms with E-state index in [1.54, 1.807) is 6.92 Å². The van der Waals surface area contributed by atoms with Crippen molar-refractivity contribution in [1.29, 1.82) is 0 Å². The van der Waals surface area contributed by atoms with Crippen LogP contribution in [-0.4, -0.2) is 50.1 Å². The van der Waals surface area contributed by atoms with Crippen LogP contribution in [0.3, 0.4) is 0 Å². The highest BCUT2D eigenvalue weighted by molar-refractivity contribution is 8.18. The Morgan fingerprint density at radius 2 is 1.74 bits per heavy atom. The van der Waals surface area contributed by atoms with E-state index in [0.717, 1.165) is 22.2 Å². The number of benzene rings is 3. The van der Waals surface area contributed by atoms with Crippen LogP contribution in [0.25, 0.3) is 6.08 Å². The fourth-order valence-corrected chi connectivity index (χ4v) is 5.94. The van der Waals surface area contributed by atoms with Gasteiger partial charge >= 0.3 is 10.1 Å². The first-order valence-electron chi connectivity index (χ1n) is 12.7. The molecule has 0 aromatic heterocycles. The minimum atomic E-state index is -4.33. The molecule has 0 spiro atoms. The molecule has 1 saturated heterocycles. The Hall–Kier alpha value is -4.00. The second kappa shape index (κ2) is 13.3. The predicted molar refractivity (Wildman–Crippen MR) is 161 cm³/mol.